The zero-order chi connectivity index (χ0) is 70.7. The largest absolute Gasteiger partial charge is 0.437 e. The number of benzene rings is 5. The summed E-state index contributed by atoms with van der Waals surface area (Å²) in [5, 5.41) is 11.4. The summed E-state index contributed by atoms with van der Waals surface area (Å²) in [6, 6.07) is 18.8. The second kappa shape index (κ2) is 29.0. The number of hydrogen-bond acceptors (Lipinski definition) is 17. The molecule has 94 heavy (non-hydrogen) atoms. The molecule has 0 saturated heterocycles. The third kappa shape index (κ3) is 17.4. The Labute approximate surface area is 542 Å². The molecule has 0 saturated carbocycles. The van der Waals surface area contributed by atoms with Crippen molar-refractivity contribution in [3.8, 4) is 0 Å². The maximum Gasteiger partial charge on any atom is 0.437 e. The van der Waals surface area contributed by atoms with Gasteiger partial charge in [-0.3, -0.25) is 0 Å². The van der Waals surface area contributed by atoms with E-state index in [4.69, 9.17) is 22.9 Å². The molecule has 0 spiro atoms. The Morgan fingerprint density at radius 3 is 1.11 bits per heavy atom. The van der Waals surface area contributed by atoms with E-state index in [-0.39, 0.29) is 50.0 Å². The Bertz CT molecular complexity index is 4540. The molecule has 0 unspecified atom stereocenters. The van der Waals surface area contributed by atoms with Crippen LogP contribution in [0, 0.1) is 29.1 Å². The SMILES string of the molecule is C=C(C)O/N=C(\c1c(F)c(F)c(F)c(F)c1F)c1cc2cc(C(C)(C)C)cc(SC)c2oc1=O.CSc1cc(C(C)(C)C)cc2cc(/C(=N/OC(C)=O)C(F)(F)F)c(=O)oc12.CSc1cc(C(C)(C)C)cc2cc(/C(=N/OC(C)=O)c3ccc(C(F)(F)F)cc3)c(=O)oc12. The average Bonchev–Trinajstić information content (AvgIpc) is 0.774. The van der Waals surface area contributed by atoms with Gasteiger partial charge in [0, 0.05) is 35.6 Å². The van der Waals surface area contributed by atoms with Crippen LogP contribution >= 0.6 is 35.3 Å². The Morgan fingerprint density at radius 1 is 0.447 bits per heavy atom. The third-order valence-corrected chi connectivity index (χ3v) is 15.7. The van der Waals surface area contributed by atoms with Gasteiger partial charge in [-0.1, -0.05) is 96.5 Å². The number of carbonyl (C=O) groups excluding carboxylic acids is 2. The lowest BCUT2D eigenvalue weighted by molar-refractivity contribution is -0.142. The van der Waals surface area contributed by atoms with Crippen molar-refractivity contribution >= 4 is 97.3 Å². The van der Waals surface area contributed by atoms with Crippen LogP contribution in [-0.2, 0) is 46.5 Å². The maximum atomic E-state index is 14.6. The molecule has 8 rings (SSSR count). The summed E-state index contributed by atoms with van der Waals surface area (Å²) < 4.78 is 166. The van der Waals surface area contributed by atoms with Gasteiger partial charge in [-0.15, -0.1) is 35.3 Å². The highest BCUT2D eigenvalue weighted by Crippen LogP contribution is 2.38. The molecule has 14 nitrogen and oxygen atoms in total. The van der Waals surface area contributed by atoms with E-state index in [9.17, 15) is 72.3 Å². The van der Waals surface area contributed by atoms with Crippen LogP contribution in [-0.4, -0.2) is 54.0 Å². The van der Waals surface area contributed by atoms with Gasteiger partial charge in [-0.2, -0.15) is 26.3 Å². The molecule has 0 N–H and O–H groups in total. The Kier molecular flexibility index (Phi) is 23.0. The molecular weight excluding hydrogens is 1320 g/mol. The smallest absolute Gasteiger partial charge is 0.421 e. The van der Waals surface area contributed by atoms with Crippen molar-refractivity contribution in [2.75, 3.05) is 18.8 Å². The number of carbonyl (C=O) groups is 2. The molecule has 0 amide bonds. The fraction of sp³-hybridized carbons (Fsp3) is 0.303. The highest BCUT2D eigenvalue weighted by atomic mass is 32.2. The summed E-state index contributed by atoms with van der Waals surface area (Å²) in [5.41, 5.74) is -6.55. The maximum absolute atomic E-state index is 14.6. The molecular formula is C66H60F11N3O11S3. The summed E-state index contributed by atoms with van der Waals surface area (Å²) in [7, 11) is 0. The van der Waals surface area contributed by atoms with Crippen molar-refractivity contribution in [2.45, 2.75) is 126 Å². The van der Waals surface area contributed by atoms with Gasteiger partial charge in [0.15, 0.2) is 45.7 Å². The highest BCUT2D eigenvalue weighted by molar-refractivity contribution is 7.99. The molecule has 0 atom stereocenters. The van der Waals surface area contributed by atoms with Crippen LogP contribution in [0.1, 0.15) is 133 Å². The topological polar surface area (TPSA) is 190 Å². The summed E-state index contributed by atoms with van der Waals surface area (Å²) in [6.07, 6.45) is -4.12. The number of oxime groups is 3. The van der Waals surface area contributed by atoms with E-state index in [2.05, 4.69) is 26.9 Å². The molecule has 500 valence electrons. The van der Waals surface area contributed by atoms with Crippen molar-refractivity contribution in [3.05, 3.63) is 202 Å². The summed E-state index contributed by atoms with van der Waals surface area (Å²) in [6.45, 7) is 24.7. The van der Waals surface area contributed by atoms with Crippen molar-refractivity contribution in [1.29, 1.82) is 0 Å². The Hall–Kier alpha value is -8.50. The zero-order valence-corrected chi connectivity index (χ0v) is 55.4. The molecule has 0 radical (unpaired) electrons. The van der Waals surface area contributed by atoms with E-state index in [1.807, 2.05) is 92.8 Å². The van der Waals surface area contributed by atoms with Crippen molar-refractivity contribution in [2.24, 2.45) is 15.5 Å². The van der Waals surface area contributed by atoms with Gasteiger partial charge in [-0.25, -0.2) is 45.9 Å². The fourth-order valence-corrected chi connectivity index (χ4v) is 10.3. The van der Waals surface area contributed by atoms with E-state index in [0.717, 1.165) is 65.8 Å². The van der Waals surface area contributed by atoms with Gasteiger partial charge in [0.1, 0.15) is 17.2 Å². The number of halogens is 11. The van der Waals surface area contributed by atoms with E-state index in [1.165, 1.54) is 48.3 Å². The zero-order valence-electron chi connectivity index (χ0n) is 52.9. The van der Waals surface area contributed by atoms with Crippen molar-refractivity contribution < 1.29 is 85.6 Å². The van der Waals surface area contributed by atoms with Gasteiger partial charge in [0.2, 0.25) is 5.82 Å². The number of allylic oxidation sites excluding steroid dienone is 1. The standard InChI is InChI=1S/C24H20F5NO3S.C24H22F3NO4S.C18H18F3NO4S/c1-10(2)33-30-21(15-16(25)18(27)20(29)19(28)17(15)26)13-8-11-7-12(24(3,4)5)9-14(34-6)22(11)32-23(13)31;1-13(29)32-28-20(14-6-8-16(9-7-14)24(25,26)27)18-11-15-10-17(23(2,3)4)12-19(33-5)21(15)31-22(18)30;1-9(23)26-22-15(18(19,20)21)12-7-10-6-11(17(2,3)4)8-13(27-5)14(10)25-16(12)24/h7-9H,1H2,2-6H3;6-12H,1-5H3;6-8H,1-5H3/b30-21-;28-20+;22-15-. The first kappa shape index (κ1) is 74.5. The molecule has 5 aromatic carbocycles. The first-order chi connectivity index (χ1) is 43.4. The van der Waals surface area contributed by atoms with Gasteiger partial charge >= 0.3 is 41.2 Å². The molecule has 0 aliphatic rings. The van der Waals surface area contributed by atoms with E-state index in [1.54, 1.807) is 30.7 Å². The lowest BCUT2D eigenvalue weighted by Crippen LogP contribution is -2.29. The second-order valence-electron chi connectivity index (χ2n) is 23.7. The van der Waals surface area contributed by atoms with E-state index < -0.39 is 104 Å². The number of hydrogen-bond donors (Lipinski definition) is 0. The second-order valence-corrected chi connectivity index (χ2v) is 26.2. The molecule has 0 aliphatic heterocycles. The van der Waals surface area contributed by atoms with E-state index in [0.29, 0.717) is 31.5 Å². The first-order valence-electron chi connectivity index (χ1n) is 27.6. The van der Waals surface area contributed by atoms with Gasteiger partial charge in [0.05, 0.1) is 42.5 Å². The molecule has 3 heterocycles. The van der Waals surface area contributed by atoms with Crippen LogP contribution in [0.4, 0.5) is 48.3 Å². The minimum atomic E-state index is -5.01. The fourth-order valence-electron chi connectivity index (χ4n) is 8.57. The number of nitrogens with zero attached hydrogens (tertiary/aromatic N) is 3. The minimum absolute atomic E-state index is 0.0402. The average molecular weight is 1380 g/mol. The molecule has 0 fully saturated rings. The summed E-state index contributed by atoms with van der Waals surface area (Å²) in [5.74, 6) is -12.9. The molecule has 8 aromatic rings. The van der Waals surface area contributed by atoms with Crippen LogP contribution in [0.15, 0.2) is 149 Å². The molecule has 0 bridgehead atoms. The Balaban J connectivity index is 0.000000225. The van der Waals surface area contributed by atoms with Crippen LogP contribution in [0.3, 0.4) is 0 Å². The monoisotopic (exact) mass is 1380 g/mol. The van der Waals surface area contributed by atoms with Crippen LogP contribution in [0.2, 0.25) is 0 Å². The number of rotatable bonds is 12. The lowest BCUT2D eigenvalue weighted by Gasteiger charge is -2.20. The molecule has 0 aliphatic carbocycles. The van der Waals surface area contributed by atoms with Crippen molar-refractivity contribution in [1.82, 2.24) is 0 Å². The first-order valence-corrected chi connectivity index (χ1v) is 31.3. The van der Waals surface area contributed by atoms with Gasteiger partial charge in [0.25, 0.3) is 0 Å². The van der Waals surface area contributed by atoms with Crippen molar-refractivity contribution in [3.63, 3.8) is 0 Å². The van der Waals surface area contributed by atoms with E-state index >= 15 is 0 Å². The van der Waals surface area contributed by atoms with Gasteiger partial charge < -0.3 is 27.8 Å². The predicted octanol–water partition coefficient (Wildman–Crippen LogP) is 17.6. The van der Waals surface area contributed by atoms with Gasteiger partial charge in [-0.05, 0) is 125 Å². The summed E-state index contributed by atoms with van der Waals surface area (Å²) in [4.78, 5) is 75.9. The molecule has 28 heteroatoms. The number of fused-ring (bicyclic) bond motifs is 3. The predicted molar refractivity (Wildman–Crippen MR) is 340 cm³/mol. The van der Waals surface area contributed by atoms with Crippen LogP contribution in [0.5, 0.6) is 0 Å². The van der Waals surface area contributed by atoms with Crippen LogP contribution < -0.4 is 16.9 Å². The lowest BCUT2D eigenvalue weighted by atomic mass is 9.86. The Morgan fingerprint density at radius 2 is 0.777 bits per heavy atom. The number of alkyl halides is 6. The van der Waals surface area contributed by atoms with Crippen LogP contribution in [0.25, 0.3) is 32.9 Å². The quantitative estimate of drug-likeness (QED) is 0.0129. The minimum Gasteiger partial charge on any atom is -0.421 e. The number of thioether (sulfide) groups is 3. The third-order valence-electron chi connectivity index (χ3n) is 13.4. The highest BCUT2D eigenvalue weighted by Gasteiger charge is 2.41. The summed E-state index contributed by atoms with van der Waals surface area (Å²) >= 11 is 4.06. The normalized spacial score (nSPS) is 12.7. The molecule has 3 aromatic heterocycles.